The molecule has 1 aliphatic heterocycles. The number of amides is 2. The summed E-state index contributed by atoms with van der Waals surface area (Å²) in [4.78, 5) is 29.8. The molecule has 0 saturated carbocycles. The molecule has 1 heterocycles. The van der Waals surface area contributed by atoms with Gasteiger partial charge in [-0.15, -0.1) is 0 Å². The van der Waals surface area contributed by atoms with Crippen LogP contribution in [0.15, 0.2) is 84.6 Å². The van der Waals surface area contributed by atoms with E-state index in [1.54, 1.807) is 42.3 Å². The lowest BCUT2D eigenvalue weighted by Gasteiger charge is -2.25. The van der Waals surface area contributed by atoms with Crippen LogP contribution in [0.1, 0.15) is 12.5 Å². The fourth-order valence-electron chi connectivity index (χ4n) is 3.72. The van der Waals surface area contributed by atoms with Crippen molar-refractivity contribution in [3.8, 4) is 5.75 Å². The van der Waals surface area contributed by atoms with Gasteiger partial charge in [-0.3, -0.25) is 9.59 Å². The summed E-state index contributed by atoms with van der Waals surface area (Å²) in [6.45, 7) is 2.35. The molecule has 2 amide bonds. The third kappa shape index (κ3) is 3.57. The Hall–Kier alpha value is -3.93. The van der Waals surface area contributed by atoms with E-state index in [-0.39, 0.29) is 17.0 Å². The molecule has 0 N–H and O–H groups in total. The highest BCUT2D eigenvalue weighted by atomic mass is 19.1. The largest absolute Gasteiger partial charge is 0.497 e. The number of hydrogen-bond acceptors (Lipinski definition) is 4. The van der Waals surface area contributed by atoms with E-state index in [4.69, 9.17) is 4.74 Å². The lowest BCUT2D eigenvalue weighted by Crippen LogP contribution is -2.35. The molecule has 0 fully saturated rings. The number of likely N-dealkylation sites (N-methyl/N-ethyl adjacent to an activating group) is 1. The van der Waals surface area contributed by atoms with Crippen molar-refractivity contribution in [3.63, 3.8) is 0 Å². The summed E-state index contributed by atoms with van der Waals surface area (Å²) >= 11 is 0. The van der Waals surface area contributed by atoms with Gasteiger partial charge < -0.3 is 9.64 Å². The number of benzene rings is 3. The highest BCUT2D eigenvalue weighted by Gasteiger charge is 2.43. The fraction of sp³-hybridized carbons (Fsp3) is 0.120. The number of imide groups is 1. The second kappa shape index (κ2) is 8.44. The van der Waals surface area contributed by atoms with Gasteiger partial charge in [0.1, 0.15) is 17.3 Å². The van der Waals surface area contributed by atoms with E-state index in [9.17, 15) is 14.0 Å². The van der Waals surface area contributed by atoms with E-state index in [1.807, 2.05) is 37.3 Å². The van der Waals surface area contributed by atoms with E-state index in [1.165, 1.54) is 18.2 Å². The van der Waals surface area contributed by atoms with Crippen LogP contribution < -0.4 is 14.5 Å². The Kier molecular flexibility index (Phi) is 5.54. The van der Waals surface area contributed by atoms with Crippen LogP contribution in [-0.2, 0) is 9.59 Å². The molecule has 0 bridgehead atoms. The second-order valence-corrected chi connectivity index (χ2v) is 6.93. The van der Waals surface area contributed by atoms with Crippen LogP contribution in [0.3, 0.4) is 0 Å². The topological polar surface area (TPSA) is 49.9 Å². The molecule has 3 aromatic carbocycles. The van der Waals surface area contributed by atoms with Gasteiger partial charge in [0, 0.05) is 12.2 Å². The summed E-state index contributed by atoms with van der Waals surface area (Å²) in [6.07, 6.45) is 0. The summed E-state index contributed by atoms with van der Waals surface area (Å²) in [5.74, 6) is -1.14. The fourth-order valence-corrected chi connectivity index (χ4v) is 3.72. The predicted molar refractivity (Wildman–Crippen MR) is 118 cm³/mol. The molecule has 4 rings (SSSR count). The molecule has 3 aromatic rings. The minimum Gasteiger partial charge on any atom is -0.497 e. The molecular formula is C25H21FN2O3. The van der Waals surface area contributed by atoms with Crippen molar-refractivity contribution in [3.05, 3.63) is 95.9 Å². The van der Waals surface area contributed by atoms with Gasteiger partial charge in [-0.1, -0.05) is 42.5 Å². The van der Waals surface area contributed by atoms with E-state index < -0.39 is 17.6 Å². The first-order valence-corrected chi connectivity index (χ1v) is 9.91. The Labute approximate surface area is 180 Å². The number of methoxy groups -OCH3 is 1. The number of carbonyl (C=O) groups is 2. The van der Waals surface area contributed by atoms with Crippen molar-refractivity contribution in [2.24, 2.45) is 0 Å². The zero-order valence-electron chi connectivity index (χ0n) is 17.2. The lowest BCUT2D eigenvalue weighted by molar-refractivity contribution is -0.120. The summed E-state index contributed by atoms with van der Waals surface area (Å²) in [5.41, 5.74) is 1.70. The third-order valence-electron chi connectivity index (χ3n) is 5.19. The maximum Gasteiger partial charge on any atom is 0.282 e. The summed E-state index contributed by atoms with van der Waals surface area (Å²) in [5, 5.41) is 0. The quantitative estimate of drug-likeness (QED) is 0.549. The molecule has 0 atom stereocenters. The van der Waals surface area contributed by atoms with E-state index in [0.717, 1.165) is 10.6 Å². The maximum absolute atomic E-state index is 14.6. The first kappa shape index (κ1) is 20.3. The molecule has 0 aliphatic carbocycles. The van der Waals surface area contributed by atoms with Crippen LogP contribution in [0.2, 0.25) is 0 Å². The maximum atomic E-state index is 14.6. The zero-order valence-corrected chi connectivity index (χ0v) is 17.2. The van der Waals surface area contributed by atoms with E-state index in [0.29, 0.717) is 17.9 Å². The summed E-state index contributed by atoms with van der Waals surface area (Å²) in [6, 6.07) is 22.0. The van der Waals surface area contributed by atoms with Gasteiger partial charge in [-0.2, -0.15) is 0 Å². The molecule has 0 aromatic heterocycles. The first-order valence-electron chi connectivity index (χ1n) is 9.91. The van der Waals surface area contributed by atoms with Crippen LogP contribution in [0, 0.1) is 5.82 Å². The van der Waals surface area contributed by atoms with Gasteiger partial charge in [0.15, 0.2) is 0 Å². The summed E-state index contributed by atoms with van der Waals surface area (Å²) < 4.78 is 19.8. The molecule has 0 saturated heterocycles. The van der Waals surface area contributed by atoms with Crippen molar-refractivity contribution < 1.29 is 18.7 Å². The SMILES string of the molecule is CCN(C1=C(c2ccc(OC)cc2)C(=O)N(c2ccccc2F)C1=O)c1ccccc1. The minimum absolute atomic E-state index is 0.0670. The predicted octanol–water partition coefficient (Wildman–Crippen LogP) is 4.65. The zero-order chi connectivity index (χ0) is 22.0. The van der Waals surface area contributed by atoms with Gasteiger partial charge >= 0.3 is 0 Å². The van der Waals surface area contributed by atoms with Crippen LogP contribution in [0.4, 0.5) is 15.8 Å². The first-order chi connectivity index (χ1) is 15.1. The molecule has 1 aliphatic rings. The average Bonchev–Trinajstić information content (AvgIpc) is 3.05. The molecule has 0 unspecified atom stereocenters. The van der Waals surface area contributed by atoms with Gasteiger partial charge in [-0.05, 0) is 48.9 Å². The molecule has 0 radical (unpaired) electrons. The highest BCUT2D eigenvalue weighted by Crippen LogP contribution is 2.37. The average molecular weight is 416 g/mol. The number of ether oxygens (including phenoxy) is 1. The lowest BCUT2D eigenvalue weighted by atomic mass is 10.0. The Morgan fingerprint density at radius 2 is 1.52 bits per heavy atom. The Morgan fingerprint density at radius 3 is 2.13 bits per heavy atom. The minimum atomic E-state index is -0.637. The van der Waals surface area contributed by atoms with Gasteiger partial charge in [0.2, 0.25) is 0 Å². The van der Waals surface area contributed by atoms with Crippen LogP contribution >= 0.6 is 0 Å². The van der Waals surface area contributed by atoms with Gasteiger partial charge in [0.25, 0.3) is 11.8 Å². The molecule has 0 spiro atoms. The number of rotatable bonds is 6. The van der Waals surface area contributed by atoms with Crippen molar-refractivity contribution in [2.45, 2.75) is 6.92 Å². The van der Waals surface area contributed by atoms with Crippen molar-refractivity contribution in [1.82, 2.24) is 0 Å². The monoisotopic (exact) mass is 416 g/mol. The Morgan fingerprint density at radius 1 is 0.871 bits per heavy atom. The van der Waals surface area contributed by atoms with Crippen LogP contribution in [-0.4, -0.2) is 25.5 Å². The van der Waals surface area contributed by atoms with Gasteiger partial charge in [0.05, 0.1) is 18.4 Å². The number of halogens is 1. The van der Waals surface area contributed by atoms with Gasteiger partial charge in [-0.25, -0.2) is 9.29 Å². The molecule has 31 heavy (non-hydrogen) atoms. The summed E-state index contributed by atoms with van der Waals surface area (Å²) in [7, 11) is 1.55. The third-order valence-corrected chi connectivity index (χ3v) is 5.19. The smallest absolute Gasteiger partial charge is 0.282 e. The van der Waals surface area contributed by atoms with E-state index >= 15 is 0 Å². The molecular weight excluding hydrogens is 395 g/mol. The molecule has 6 heteroatoms. The number of anilines is 2. The molecule has 5 nitrogen and oxygen atoms in total. The number of carbonyl (C=O) groups excluding carboxylic acids is 2. The van der Waals surface area contributed by atoms with Crippen LogP contribution in [0.25, 0.3) is 5.57 Å². The molecule has 156 valence electrons. The van der Waals surface area contributed by atoms with Crippen molar-refractivity contribution in [2.75, 3.05) is 23.5 Å². The van der Waals surface area contributed by atoms with E-state index in [2.05, 4.69) is 0 Å². The standard InChI is InChI=1S/C25H21FN2O3/c1-3-27(18-9-5-4-6-10-18)23-22(17-13-15-19(31-2)16-14-17)24(29)28(25(23)30)21-12-8-7-11-20(21)26/h4-16H,3H2,1-2H3. The van der Waals surface area contributed by atoms with Crippen molar-refractivity contribution >= 4 is 28.8 Å². The number of hydrogen-bond donors (Lipinski definition) is 0. The number of nitrogens with zero attached hydrogens (tertiary/aromatic N) is 2. The Bertz CT molecular complexity index is 1160. The normalized spacial score (nSPS) is 13.7. The van der Waals surface area contributed by atoms with Crippen molar-refractivity contribution in [1.29, 1.82) is 0 Å². The van der Waals surface area contributed by atoms with Crippen LogP contribution in [0.5, 0.6) is 5.75 Å². The second-order valence-electron chi connectivity index (χ2n) is 6.93. The highest BCUT2D eigenvalue weighted by molar-refractivity contribution is 6.46. The number of para-hydroxylation sites is 2. The Balaban J connectivity index is 1.91.